The van der Waals surface area contributed by atoms with E-state index in [4.69, 9.17) is 9.47 Å². The Labute approximate surface area is 168 Å². The van der Waals surface area contributed by atoms with Crippen molar-refractivity contribution in [2.75, 3.05) is 13.2 Å². The predicted molar refractivity (Wildman–Crippen MR) is 98.7 cm³/mol. The zero-order valence-electron chi connectivity index (χ0n) is 16.0. The fraction of sp³-hybridized carbons (Fsp3) is 0.684. The van der Waals surface area contributed by atoms with Crippen molar-refractivity contribution in [3.63, 3.8) is 0 Å². The summed E-state index contributed by atoms with van der Waals surface area (Å²) in [4.78, 5) is 1.79. The van der Waals surface area contributed by atoms with E-state index >= 15 is 0 Å². The first-order chi connectivity index (χ1) is 13.7. The summed E-state index contributed by atoms with van der Waals surface area (Å²) in [6, 6.07) is 6.44. The van der Waals surface area contributed by atoms with Gasteiger partial charge in [-0.2, -0.15) is 0 Å². The van der Waals surface area contributed by atoms with Crippen LogP contribution >= 0.6 is 0 Å². The van der Waals surface area contributed by atoms with E-state index in [0.29, 0.717) is 11.3 Å². The van der Waals surface area contributed by atoms with Gasteiger partial charge in [0.25, 0.3) is 0 Å². The van der Waals surface area contributed by atoms with Gasteiger partial charge in [-0.25, -0.2) is 0 Å². The number of aliphatic hydroxyl groups is 7. The first kappa shape index (κ1) is 22.3. The van der Waals surface area contributed by atoms with E-state index in [0.717, 1.165) is 0 Å². The van der Waals surface area contributed by atoms with E-state index < -0.39 is 61.7 Å². The van der Waals surface area contributed by atoms with Gasteiger partial charge in [0.05, 0.1) is 18.8 Å². The molecule has 9 atom stereocenters. The average molecular weight is 415 g/mol. The van der Waals surface area contributed by atoms with Crippen LogP contribution in [-0.4, -0.2) is 109 Å². The molecule has 0 radical (unpaired) electrons. The quantitative estimate of drug-likeness (QED) is 0.266. The van der Waals surface area contributed by atoms with Crippen molar-refractivity contribution < 1.29 is 45.2 Å². The number of hydrogen-bond donors (Lipinski definition) is 7. The molecule has 0 unspecified atom stereocenters. The summed E-state index contributed by atoms with van der Waals surface area (Å²) in [6.07, 6.45) is -10.4. The van der Waals surface area contributed by atoms with E-state index in [-0.39, 0.29) is 13.1 Å². The zero-order chi connectivity index (χ0) is 21.3. The molecule has 2 aliphatic rings. The van der Waals surface area contributed by atoms with Gasteiger partial charge in [0.1, 0.15) is 36.3 Å². The molecule has 1 aromatic carbocycles. The highest BCUT2D eigenvalue weighted by molar-refractivity contribution is 5.33. The van der Waals surface area contributed by atoms with Crippen LogP contribution < -0.4 is 4.74 Å². The lowest BCUT2D eigenvalue weighted by Gasteiger charge is -2.42. The lowest BCUT2D eigenvalue weighted by Crippen LogP contribution is -2.60. The van der Waals surface area contributed by atoms with Gasteiger partial charge in [-0.1, -0.05) is 18.2 Å². The Bertz CT molecular complexity index is 675. The van der Waals surface area contributed by atoms with Crippen molar-refractivity contribution in [1.82, 2.24) is 4.90 Å². The number of aliphatic hydroxyl groups excluding tert-OH is 7. The Morgan fingerprint density at radius 1 is 0.966 bits per heavy atom. The second kappa shape index (κ2) is 9.21. The van der Waals surface area contributed by atoms with Crippen LogP contribution in [0.1, 0.15) is 12.5 Å². The van der Waals surface area contributed by atoms with Crippen molar-refractivity contribution in [2.24, 2.45) is 0 Å². The van der Waals surface area contributed by atoms with Crippen LogP contribution in [-0.2, 0) is 11.3 Å². The third-order valence-corrected chi connectivity index (χ3v) is 5.67. The Kier molecular flexibility index (Phi) is 7.10. The van der Waals surface area contributed by atoms with E-state index in [2.05, 4.69) is 0 Å². The van der Waals surface area contributed by atoms with Crippen molar-refractivity contribution in [1.29, 1.82) is 0 Å². The molecular formula is C19H29NO9. The molecular weight excluding hydrogens is 386 g/mol. The van der Waals surface area contributed by atoms with Crippen molar-refractivity contribution >= 4 is 0 Å². The third-order valence-electron chi connectivity index (χ3n) is 5.67. The van der Waals surface area contributed by atoms with Gasteiger partial charge in [0, 0.05) is 24.7 Å². The van der Waals surface area contributed by atoms with E-state index in [1.165, 1.54) is 0 Å². The van der Waals surface area contributed by atoms with Gasteiger partial charge in [-0.15, -0.1) is 0 Å². The molecule has 2 aliphatic heterocycles. The standard InChI is InChI=1S/C19H29NO9/c1-9-14(23)15(24)11(22)7-20(9)6-10-4-2-3-5-12(10)28-19-18(27)17(26)16(25)13(8-21)29-19/h2-5,9,11,13-19,21-27H,6-8H2,1H3/t9-,11+,13-,14+,15+,16-,17-,18-,19+/m0/s1. The summed E-state index contributed by atoms with van der Waals surface area (Å²) in [5.74, 6) is 0.333. The Morgan fingerprint density at radius 2 is 1.66 bits per heavy atom. The molecule has 3 rings (SSSR count). The summed E-state index contributed by atoms with van der Waals surface area (Å²) >= 11 is 0. The molecule has 0 amide bonds. The molecule has 0 aromatic heterocycles. The summed E-state index contributed by atoms with van der Waals surface area (Å²) in [5.41, 5.74) is 0.659. The van der Waals surface area contributed by atoms with Crippen molar-refractivity contribution in [3.05, 3.63) is 29.8 Å². The molecule has 0 saturated carbocycles. The maximum absolute atomic E-state index is 10.2. The predicted octanol–water partition coefficient (Wildman–Crippen LogP) is -2.85. The first-order valence-electron chi connectivity index (χ1n) is 9.58. The molecule has 7 N–H and O–H groups in total. The van der Waals surface area contributed by atoms with Crippen LogP contribution in [0.2, 0.25) is 0 Å². The number of piperidine rings is 1. The van der Waals surface area contributed by atoms with Gasteiger partial charge >= 0.3 is 0 Å². The molecule has 2 heterocycles. The van der Waals surface area contributed by atoms with Gasteiger partial charge in [-0.05, 0) is 13.0 Å². The van der Waals surface area contributed by atoms with Crippen LogP contribution in [0.5, 0.6) is 5.75 Å². The van der Waals surface area contributed by atoms with Crippen molar-refractivity contribution in [2.45, 2.75) is 68.5 Å². The number of hydrogen-bond acceptors (Lipinski definition) is 10. The molecule has 10 nitrogen and oxygen atoms in total. The maximum Gasteiger partial charge on any atom is 0.229 e. The summed E-state index contributed by atoms with van der Waals surface area (Å²) < 4.78 is 11.1. The van der Waals surface area contributed by atoms with Gasteiger partial charge in [0.2, 0.25) is 6.29 Å². The zero-order valence-corrected chi connectivity index (χ0v) is 16.0. The van der Waals surface area contributed by atoms with E-state index in [1.807, 2.05) is 0 Å². The molecule has 1 aromatic rings. The second-order valence-corrected chi connectivity index (χ2v) is 7.64. The molecule has 164 valence electrons. The molecule has 2 fully saturated rings. The molecule has 0 aliphatic carbocycles. The smallest absolute Gasteiger partial charge is 0.229 e. The number of β-amino-alcohol motifs (C(OH)–C–C–N with tert-alkyl or cyclic N) is 1. The maximum atomic E-state index is 10.2. The fourth-order valence-corrected chi connectivity index (χ4v) is 3.71. The highest BCUT2D eigenvalue weighted by Crippen LogP contribution is 2.29. The summed E-state index contributed by atoms with van der Waals surface area (Å²) in [7, 11) is 0. The molecule has 0 bridgehead atoms. The minimum absolute atomic E-state index is 0.147. The fourth-order valence-electron chi connectivity index (χ4n) is 3.71. The summed E-state index contributed by atoms with van der Waals surface area (Å²) in [5, 5.41) is 69.3. The minimum Gasteiger partial charge on any atom is -0.462 e. The van der Waals surface area contributed by atoms with Crippen LogP contribution in [0.3, 0.4) is 0 Å². The average Bonchev–Trinajstić information content (AvgIpc) is 2.72. The monoisotopic (exact) mass is 415 g/mol. The molecule has 0 spiro atoms. The number of likely N-dealkylation sites (tertiary alicyclic amines) is 1. The normalized spacial score (nSPS) is 41.3. The Hall–Kier alpha value is -1.34. The SMILES string of the molecule is C[C@H]1[C@@H](O)[C@H](O)[C@H](O)CN1Cc1ccccc1O[C@@H]1O[C@@H](CO)[C@H](O)[C@H](O)[C@@H]1O. The Morgan fingerprint density at radius 3 is 2.34 bits per heavy atom. The summed E-state index contributed by atoms with van der Waals surface area (Å²) in [6.45, 7) is 1.60. The van der Waals surface area contributed by atoms with Crippen LogP contribution in [0.25, 0.3) is 0 Å². The van der Waals surface area contributed by atoms with Crippen LogP contribution in [0, 0.1) is 0 Å². The van der Waals surface area contributed by atoms with E-state index in [9.17, 15) is 35.7 Å². The Balaban J connectivity index is 1.76. The number of ether oxygens (including phenoxy) is 2. The molecule has 10 heteroatoms. The van der Waals surface area contributed by atoms with Gasteiger partial charge < -0.3 is 45.2 Å². The minimum atomic E-state index is -1.55. The highest BCUT2D eigenvalue weighted by Gasteiger charge is 2.45. The number of nitrogens with zero attached hydrogens (tertiary/aromatic N) is 1. The topological polar surface area (TPSA) is 163 Å². The third kappa shape index (κ3) is 4.55. The number of rotatable bonds is 5. The first-order valence-corrected chi connectivity index (χ1v) is 9.58. The second-order valence-electron chi connectivity index (χ2n) is 7.64. The number of para-hydroxylation sites is 1. The number of benzene rings is 1. The van der Waals surface area contributed by atoms with Crippen molar-refractivity contribution in [3.8, 4) is 5.75 Å². The van der Waals surface area contributed by atoms with Gasteiger partial charge in [-0.3, -0.25) is 4.90 Å². The molecule has 29 heavy (non-hydrogen) atoms. The largest absolute Gasteiger partial charge is 0.462 e. The lowest BCUT2D eigenvalue weighted by atomic mass is 9.94. The van der Waals surface area contributed by atoms with Crippen LogP contribution in [0.4, 0.5) is 0 Å². The van der Waals surface area contributed by atoms with Gasteiger partial charge in [0.15, 0.2) is 0 Å². The van der Waals surface area contributed by atoms with Crippen LogP contribution in [0.15, 0.2) is 24.3 Å². The molecule has 2 saturated heterocycles. The lowest BCUT2D eigenvalue weighted by molar-refractivity contribution is -0.277. The van der Waals surface area contributed by atoms with E-state index in [1.54, 1.807) is 36.1 Å². The highest BCUT2D eigenvalue weighted by atomic mass is 16.7.